The maximum atomic E-state index is 12.7. The van der Waals surface area contributed by atoms with Crippen LogP contribution < -0.4 is 5.84 Å². The lowest BCUT2D eigenvalue weighted by Crippen LogP contribution is -2.50. The van der Waals surface area contributed by atoms with Gasteiger partial charge in [-0.25, -0.2) is 13.8 Å². The third kappa shape index (κ3) is 1.44. The summed E-state index contributed by atoms with van der Waals surface area (Å²) in [6.45, 7) is 1.85. The second-order valence-electron chi connectivity index (χ2n) is 2.92. The van der Waals surface area contributed by atoms with Gasteiger partial charge >= 0.3 is 0 Å². The van der Waals surface area contributed by atoms with Gasteiger partial charge in [0, 0.05) is 12.5 Å². The first-order valence-electron chi connectivity index (χ1n) is 3.40. The van der Waals surface area contributed by atoms with Crippen molar-refractivity contribution in [2.75, 3.05) is 13.1 Å². The van der Waals surface area contributed by atoms with E-state index in [1.807, 2.05) is 0 Å². The standard InChI is InChI=1S/C6H12F2N2/c1-5-2-3-10(9)4-6(5,7)8/h5H,2-4,9H2,1H3. The van der Waals surface area contributed by atoms with Gasteiger partial charge in [0.1, 0.15) is 0 Å². The fraction of sp³-hybridized carbons (Fsp3) is 1.00. The summed E-state index contributed by atoms with van der Waals surface area (Å²) in [5.41, 5.74) is 0. The van der Waals surface area contributed by atoms with Crippen LogP contribution in [-0.4, -0.2) is 24.0 Å². The van der Waals surface area contributed by atoms with Gasteiger partial charge in [-0.05, 0) is 6.42 Å². The van der Waals surface area contributed by atoms with Crippen molar-refractivity contribution < 1.29 is 8.78 Å². The molecule has 2 nitrogen and oxygen atoms in total. The molecule has 1 unspecified atom stereocenters. The minimum atomic E-state index is -2.59. The first-order valence-corrected chi connectivity index (χ1v) is 3.40. The lowest BCUT2D eigenvalue weighted by atomic mass is 9.96. The third-order valence-corrected chi connectivity index (χ3v) is 1.98. The number of hydrazine groups is 1. The zero-order valence-electron chi connectivity index (χ0n) is 5.98. The molecule has 0 aromatic heterocycles. The van der Waals surface area contributed by atoms with Crippen LogP contribution in [0.1, 0.15) is 13.3 Å². The smallest absolute Gasteiger partial charge is 0.264 e. The van der Waals surface area contributed by atoms with Gasteiger partial charge in [-0.1, -0.05) is 6.92 Å². The van der Waals surface area contributed by atoms with Crippen molar-refractivity contribution in [3.05, 3.63) is 0 Å². The van der Waals surface area contributed by atoms with E-state index in [4.69, 9.17) is 5.84 Å². The first-order chi connectivity index (χ1) is 4.52. The van der Waals surface area contributed by atoms with Crippen LogP contribution in [0.25, 0.3) is 0 Å². The van der Waals surface area contributed by atoms with E-state index in [1.54, 1.807) is 6.92 Å². The molecule has 2 N–H and O–H groups in total. The summed E-state index contributed by atoms with van der Waals surface area (Å²) in [5.74, 6) is 2.11. The summed E-state index contributed by atoms with van der Waals surface area (Å²) in [5, 5.41) is 1.18. The predicted octanol–water partition coefficient (Wildman–Crippen LogP) is 0.837. The van der Waals surface area contributed by atoms with Crippen molar-refractivity contribution >= 4 is 0 Å². The lowest BCUT2D eigenvalue weighted by molar-refractivity contribution is -0.105. The Labute approximate surface area is 59.0 Å². The fourth-order valence-corrected chi connectivity index (χ4v) is 1.08. The normalized spacial score (nSPS) is 34.2. The van der Waals surface area contributed by atoms with Crippen LogP contribution in [0.4, 0.5) is 8.78 Å². The van der Waals surface area contributed by atoms with E-state index in [-0.39, 0.29) is 6.54 Å². The molecule has 0 bridgehead atoms. The van der Waals surface area contributed by atoms with E-state index >= 15 is 0 Å². The van der Waals surface area contributed by atoms with Gasteiger partial charge in [0.2, 0.25) is 0 Å². The van der Waals surface area contributed by atoms with Crippen LogP contribution in [0, 0.1) is 5.92 Å². The van der Waals surface area contributed by atoms with Crippen molar-refractivity contribution in [3.8, 4) is 0 Å². The van der Waals surface area contributed by atoms with Gasteiger partial charge < -0.3 is 0 Å². The molecule has 1 fully saturated rings. The average molecular weight is 150 g/mol. The molecule has 0 aromatic rings. The number of nitrogens with two attached hydrogens (primary N) is 1. The van der Waals surface area contributed by atoms with Crippen molar-refractivity contribution in [1.82, 2.24) is 5.01 Å². The molecular formula is C6H12F2N2. The first kappa shape index (κ1) is 7.88. The molecule has 0 aromatic carbocycles. The number of halogens is 2. The second kappa shape index (κ2) is 2.43. The van der Waals surface area contributed by atoms with Crippen LogP contribution in [0.5, 0.6) is 0 Å². The highest BCUT2D eigenvalue weighted by molar-refractivity contribution is 4.81. The average Bonchev–Trinajstić information content (AvgIpc) is 1.78. The van der Waals surface area contributed by atoms with Gasteiger partial charge in [-0.3, -0.25) is 5.84 Å². The Balaban J connectivity index is 2.55. The van der Waals surface area contributed by atoms with Gasteiger partial charge in [-0.2, -0.15) is 0 Å². The van der Waals surface area contributed by atoms with Crippen molar-refractivity contribution in [1.29, 1.82) is 0 Å². The molecule has 10 heavy (non-hydrogen) atoms. The Morgan fingerprint density at radius 3 is 2.60 bits per heavy atom. The minimum absolute atomic E-state index is 0.297. The van der Waals surface area contributed by atoms with Crippen LogP contribution in [0.2, 0.25) is 0 Å². The Bertz CT molecular complexity index is 127. The molecular weight excluding hydrogens is 138 g/mol. The Morgan fingerprint density at radius 2 is 2.20 bits per heavy atom. The molecule has 1 saturated heterocycles. The molecule has 1 aliphatic heterocycles. The third-order valence-electron chi connectivity index (χ3n) is 1.98. The molecule has 1 heterocycles. The maximum Gasteiger partial charge on any atom is 0.264 e. The molecule has 0 amide bonds. The zero-order valence-corrected chi connectivity index (χ0v) is 5.98. The second-order valence-corrected chi connectivity index (χ2v) is 2.92. The summed E-state index contributed by atoms with van der Waals surface area (Å²) in [4.78, 5) is 0. The number of hydrogen-bond donors (Lipinski definition) is 1. The molecule has 4 heteroatoms. The quantitative estimate of drug-likeness (QED) is 0.518. The number of piperidine rings is 1. The van der Waals surface area contributed by atoms with Crippen molar-refractivity contribution in [2.45, 2.75) is 19.3 Å². The highest BCUT2D eigenvalue weighted by atomic mass is 19.3. The van der Waals surface area contributed by atoms with Crippen LogP contribution in [0.3, 0.4) is 0 Å². The summed E-state index contributed by atoms with van der Waals surface area (Å²) < 4.78 is 25.5. The number of alkyl halides is 2. The van der Waals surface area contributed by atoms with Crippen LogP contribution >= 0.6 is 0 Å². The summed E-state index contributed by atoms with van der Waals surface area (Å²) in [6.07, 6.45) is 0.490. The van der Waals surface area contributed by atoms with E-state index in [1.165, 1.54) is 5.01 Å². The Hall–Kier alpha value is -0.220. The summed E-state index contributed by atoms with van der Waals surface area (Å²) in [7, 11) is 0. The molecule has 0 aliphatic carbocycles. The van der Waals surface area contributed by atoms with E-state index in [0.29, 0.717) is 13.0 Å². The molecule has 0 spiro atoms. The van der Waals surface area contributed by atoms with Gasteiger partial charge in [0.05, 0.1) is 6.54 Å². The highest BCUT2D eigenvalue weighted by Gasteiger charge is 2.40. The summed E-state index contributed by atoms with van der Waals surface area (Å²) >= 11 is 0. The number of rotatable bonds is 0. The topological polar surface area (TPSA) is 29.3 Å². The molecule has 0 radical (unpaired) electrons. The monoisotopic (exact) mass is 150 g/mol. The molecule has 1 atom stereocenters. The van der Waals surface area contributed by atoms with E-state index in [9.17, 15) is 8.78 Å². The largest absolute Gasteiger partial charge is 0.269 e. The molecule has 0 saturated carbocycles. The summed E-state index contributed by atoms with van der Waals surface area (Å²) in [6, 6.07) is 0. The fourth-order valence-electron chi connectivity index (χ4n) is 1.08. The van der Waals surface area contributed by atoms with Crippen LogP contribution in [0.15, 0.2) is 0 Å². The maximum absolute atomic E-state index is 12.7. The van der Waals surface area contributed by atoms with Crippen molar-refractivity contribution in [3.63, 3.8) is 0 Å². The molecule has 1 rings (SSSR count). The van der Waals surface area contributed by atoms with E-state index in [0.717, 1.165) is 0 Å². The number of hydrogen-bond acceptors (Lipinski definition) is 2. The number of nitrogens with zero attached hydrogens (tertiary/aromatic N) is 1. The lowest BCUT2D eigenvalue weighted by Gasteiger charge is -2.33. The Kier molecular flexibility index (Phi) is 1.92. The minimum Gasteiger partial charge on any atom is -0.269 e. The SMILES string of the molecule is CC1CCN(N)CC1(F)F. The zero-order chi connectivity index (χ0) is 7.78. The molecule has 60 valence electrons. The van der Waals surface area contributed by atoms with Gasteiger partial charge in [0.15, 0.2) is 0 Å². The van der Waals surface area contributed by atoms with Crippen molar-refractivity contribution in [2.24, 2.45) is 11.8 Å². The van der Waals surface area contributed by atoms with Gasteiger partial charge in [-0.15, -0.1) is 0 Å². The molecule has 1 aliphatic rings. The van der Waals surface area contributed by atoms with Gasteiger partial charge in [0.25, 0.3) is 5.92 Å². The van der Waals surface area contributed by atoms with E-state index in [2.05, 4.69) is 0 Å². The highest BCUT2D eigenvalue weighted by Crippen LogP contribution is 2.30. The Morgan fingerprint density at radius 1 is 1.60 bits per heavy atom. The van der Waals surface area contributed by atoms with E-state index < -0.39 is 11.8 Å². The van der Waals surface area contributed by atoms with Crippen LogP contribution in [-0.2, 0) is 0 Å². The predicted molar refractivity (Wildman–Crippen MR) is 34.5 cm³/mol.